The highest BCUT2D eigenvalue weighted by molar-refractivity contribution is 5.93. The molecule has 0 aliphatic heterocycles. The molecule has 1 aromatic carbocycles. The van der Waals surface area contributed by atoms with E-state index in [2.05, 4.69) is 20.5 Å². The van der Waals surface area contributed by atoms with Crippen molar-refractivity contribution >= 4 is 17.4 Å². The lowest BCUT2D eigenvalue weighted by atomic mass is 10.2. The summed E-state index contributed by atoms with van der Waals surface area (Å²) >= 11 is 0. The number of nitrogens with zero attached hydrogens (tertiary/aromatic N) is 2. The zero-order valence-corrected chi connectivity index (χ0v) is 12.4. The molecule has 2 N–H and O–H groups in total. The minimum atomic E-state index is -0.840. The first-order valence-electron chi connectivity index (χ1n) is 6.48. The number of amides is 1. The lowest BCUT2D eigenvalue weighted by molar-refractivity contribution is -0.114. The van der Waals surface area contributed by atoms with E-state index >= 15 is 0 Å². The van der Waals surface area contributed by atoms with Gasteiger partial charge >= 0.3 is 0 Å². The van der Waals surface area contributed by atoms with Crippen LogP contribution < -0.4 is 15.4 Å². The van der Waals surface area contributed by atoms with E-state index < -0.39 is 17.4 Å². The highest BCUT2D eigenvalue weighted by atomic mass is 19.1. The van der Waals surface area contributed by atoms with Gasteiger partial charge in [-0.05, 0) is 6.92 Å². The highest BCUT2D eigenvalue weighted by Gasteiger charge is 2.12. The van der Waals surface area contributed by atoms with E-state index in [-0.39, 0.29) is 18.1 Å². The fourth-order valence-corrected chi connectivity index (χ4v) is 1.95. The van der Waals surface area contributed by atoms with E-state index in [4.69, 9.17) is 0 Å². The molecule has 0 unspecified atom stereocenters. The number of aromatic nitrogens is 2. The van der Waals surface area contributed by atoms with Gasteiger partial charge in [0.25, 0.3) is 0 Å². The fraction of sp³-hybridized carbons (Fsp3) is 0.286. The Labute approximate surface area is 126 Å². The number of benzene rings is 1. The Morgan fingerprint density at radius 3 is 2.45 bits per heavy atom. The Bertz CT molecular complexity index is 677. The lowest BCUT2D eigenvalue weighted by Crippen LogP contribution is -2.23. The molecular formula is C14H16F2N4O2. The maximum atomic E-state index is 13.5. The van der Waals surface area contributed by atoms with Crippen LogP contribution in [0.4, 0.5) is 20.3 Å². The van der Waals surface area contributed by atoms with E-state index in [0.29, 0.717) is 5.82 Å². The van der Waals surface area contributed by atoms with Crippen molar-refractivity contribution in [1.82, 2.24) is 9.78 Å². The van der Waals surface area contributed by atoms with Crippen LogP contribution in [0.1, 0.15) is 5.69 Å². The Hall–Kier alpha value is -2.64. The molecule has 6 nitrogen and oxygen atoms in total. The van der Waals surface area contributed by atoms with E-state index in [0.717, 1.165) is 17.8 Å². The molecule has 0 atom stereocenters. The summed E-state index contributed by atoms with van der Waals surface area (Å²) in [5, 5.41) is 9.38. The van der Waals surface area contributed by atoms with Gasteiger partial charge in [-0.25, -0.2) is 8.78 Å². The molecule has 118 valence electrons. The third-order valence-electron chi connectivity index (χ3n) is 2.92. The van der Waals surface area contributed by atoms with Crippen molar-refractivity contribution in [2.24, 2.45) is 7.05 Å². The SMILES string of the molecule is COc1c(F)cc(NCC(=O)Nc2cc(C)nn2C)cc1F. The number of carbonyl (C=O) groups is 1. The standard InChI is InChI=1S/C14H16F2N4O2/c1-8-4-12(20(2)19-8)18-13(21)7-17-9-5-10(15)14(22-3)11(16)6-9/h4-6,17H,7H2,1-3H3,(H,18,21). The number of halogens is 2. The number of rotatable bonds is 5. The summed E-state index contributed by atoms with van der Waals surface area (Å²) in [6.45, 7) is 1.66. The second kappa shape index (κ2) is 6.42. The van der Waals surface area contributed by atoms with Gasteiger partial charge in [0.15, 0.2) is 17.4 Å². The number of hydrogen-bond acceptors (Lipinski definition) is 4. The second-order valence-corrected chi connectivity index (χ2v) is 4.67. The largest absolute Gasteiger partial charge is 0.491 e. The van der Waals surface area contributed by atoms with Gasteiger partial charge in [0.05, 0.1) is 19.3 Å². The number of hydrogen-bond donors (Lipinski definition) is 2. The molecule has 22 heavy (non-hydrogen) atoms. The minimum absolute atomic E-state index is 0.143. The number of aryl methyl sites for hydroxylation is 2. The van der Waals surface area contributed by atoms with Gasteiger partial charge in [-0.1, -0.05) is 0 Å². The molecule has 0 fully saturated rings. The van der Waals surface area contributed by atoms with Crippen molar-refractivity contribution in [3.05, 3.63) is 35.5 Å². The van der Waals surface area contributed by atoms with Gasteiger partial charge in [-0.3, -0.25) is 9.48 Å². The summed E-state index contributed by atoms with van der Waals surface area (Å²) in [4.78, 5) is 11.8. The monoisotopic (exact) mass is 310 g/mol. The van der Waals surface area contributed by atoms with E-state index in [1.807, 2.05) is 0 Å². The number of carbonyl (C=O) groups excluding carboxylic acids is 1. The fourth-order valence-electron chi connectivity index (χ4n) is 1.95. The minimum Gasteiger partial charge on any atom is -0.491 e. The van der Waals surface area contributed by atoms with E-state index in [9.17, 15) is 13.6 Å². The summed E-state index contributed by atoms with van der Waals surface area (Å²) in [6.07, 6.45) is 0. The van der Waals surface area contributed by atoms with Crippen LogP contribution in [-0.4, -0.2) is 29.3 Å². The Morgan fingerprint density at radius 2 is 1.95 bits per heavy atom. The summed E-state index contributed by atoms with van der Waals surface area (Å²) in [6, 6.07) is 3.83. The molecule has 1 amide bonds. The summed E-state index contributed by atoms with van der Waals surface area (Å²) in [7, 11) is 2.88. The molecule has 2 rings (SSSR count). The van der Waals surface area contributed by atoms with Gasteiger partial charge in [0.1, 0.15) is 5.82 Å². The van der Waals surface area contributed by atoms with Crippen molar-refractivity contribution in [1.29, 1.82) is 0 Å². The lowest BCUT2D eigenvalue weighted by Gasteiger charge is -2.10. The molecule has 0 bridgehead atoms. The predicted octanol–water partition coefficient (Wildman–Crippen LogP) is 2.07. The highest BCUT2D eigenvalue weighted by Crippen LogP contribution is 2.25. The normalized spacial score (nSPS) is 10.4. The van der Waals surface area contributed by atoms with Gasteiger partial charge < -0.3 is 15.4 Å². The molecule has 1 heterocycles. The predicted molar refractivity (Wildman–Crippen MR) is 78.0 cm³/mol. The molecule has 0 saturated heterocycles. The average Bonchev–Trinajstić information content (AvgIpc) is 2.74. The third kappa shape index (κ3) is 3.51. The van der Waals surface area contributed by atoms with Crippen LogP contribution in [0.25, 0.3) is 0 Å². The van der Waals surface area contributed by atoms with Crippen LogP contribution in [0.15, 0.2) is 18.2 Å². The van der Waals surface area contributed by atoms with Gasteiger partial charge in [0, 0.05) is 30.9 Å². The average molecular weight is 310 g/mol. The van der Waals surface area contributed by atoms with Crippen LogP contribution in [0.2, 0.25) is 0 Å². The summed E-state index contributed by atoms with van der Waals surface area (Å²) in [5.41, 5.74) is 0.914. The van der Waals surface area contributed by atoms with Gasteiger partial charge in [-0.2, -0.15) is 5.10 Å². The topological polar surface area (TPSA) is 68.2 Å². The van der Waals surface area contributed by atoms with Crippen molar-refractivity contribution in [2.75, 3.05) is 24.3 Å². The molecule has 0 saturated carbocycles. The first-order chi connectivity index (χ1) is 10.4. The van der Waals surface area contributed by atoms with Gasteiger partial charge in [0.2, 0.25) is 5.91 Å². The molecule has 0 aliphatic rings. The van der Waals surface area contributed by atoms with Crippen LogP contribution in [0.5, 0.6) is 5.75 Å². The van der Waals surface area contributed by atoms with Crippen molar-refractivity contribution in [3.63, 3.8) is 0 Å². The van der Waals surface area contributed by atoms with E-state index in [1.165, 1.54) is 11.8 Å². The molecular weight excluding hydrogens is 294 g/mol. The Kier molecular flexibility index (Phi) is 4.59. The third-order valence-corrected chi connectivity index (χ3v) is 2.92. The number of anilines is 2. The summed E-state index contributed by atoms with van der Waals surface area (Å²) in [5.74, 6) is -1.96. The molecule has 8 heteroatoms. The Morgan fingerprint density at radius 1 is 1.32 bits per heavy atom. The summed E-state index contributed by atoms with van der Waals surface area (Å²) < 4.78 is 33.2. The van der Waals surface area contributed by atoms with Gasteiger partial charge in [-0.15, -0.1) is 0 Å². The van der Waals surface area contributed by atoms with Crippen molar-refractivity contribution < 1.29 is 18.3 Å². The number of ether oxygens (including phenoxy) is 1. The van der Waals surface area contributed by atoms with Crippen molar-refractivity contribution in [2.45, 2.75) is 6.92 Å². The number of methoxy groups -OCH3 is 1. The first kappa shape index (κ1) is 15.7. The second-order valence-electron chi connectivity index (χ2n) is 4.67. The maximum Gasteiger partial charge on any atom is 0.244 e. The smallest absolute Gasteiger partial charge is 0.244 e. The first-order valence-corrected chi connectivity index (χ1v) is 6.48. The maximum absolute atomic E-state index is 13.5. The number of nitrogens with one attached hydrogen (secondary N) is 2. The molecule has 2 aromatic rings. The van der Waals surface area contributed by atoms with Crippen LogP contribution in [0.3, 0.4) is 0 Å². The van der Waals surface area contributed by atoms with Crippen LogP contribution in [-0.2, 0) is 11.8 Å². The zero-order valence-electron chi connectivity index (χ0n) is 12.4. The molecule has 0 aliphatic carbocycles. The van der Waals surface area contributed by atoms with Crippen LogP contribution in [0, 0.1) is 18.6 Å². The zero-order chi connectivity index (χ0) is 16.3. The molecule has 1 aromatic heterocycles. The Balaban J connectivity index is 1.98. The van der Waals surface area contributed by atoms with Crippen molar-refractivity contribution in [3.8, 4) is 5.75 Å². The van der Waals surface area contributed by atoms with Crippen LogP contribution >= 0.6 is 0 Å². The van der Waals surface area contributed by atoms with E-state index in [1.54, 1.807) is 20.0 Å². The quantitative estimate of drug-likeness (QED) is 0.887. The molecule has 0 spiro atoms. The molecule has 0 radical (unpaired) electrons.